The van der Waals surface area contributed by atoms with Crippen molar-refractivity contribution in [3.8, 4) is 17.2 Å². The Labute approximate surface area is 150 Å². The Hall–Kier alpha value is -2.05. The lowest BCUT2D eigenvalue weighted by molar-refractivity contribution is 0.208. The summed E-state index contributed by atoms with van der Waals surface area (Å²) in [6.45, 7) is 2.80. The molecule has 0 bridgehead atoms. The lowest BCUT2D eigenvalue weighted by Gasteiger charge is -2.15. The zero-order chi connectivity index (χ0) is 17.5. The van der Waals surface area contributed by atoms with E-state index < -0.39 is 0 Å². The second-order valence-electron chi connectivity index (χ2n) is 4.73. The van der Waals surface area contributed by atoms with Gasteiger partial charge in [0, 0.05) is 5.56 Å². The zero-order valence-corrected chi connectivity index (χ0v) is 14.6. The number of halogens is 2. The third-order valence-electron chi connectivity index (χ3n) is 3.01. The highest BCUT2D eigenvalue weighted by Gasteiger charge is 2.14. The van der Waals surface area contributed by atoms with Crippen molar-refractivity contribution in [2.75, 3.05) is 19.8 Å². The lowest BCUT2D eigenvalue weighted by atomic mass is 10.2. The summed E-state index contributed by atoms with van der Waals surface area (Å²) in [4.78, 5) is 0.226. The molecule has 0 spiro atoms. The first-order valence-corrected chi connectivity index (χ1v) is 8.07. The first kappa shape index (κ1) is 18.3. The van der Waals surface area contributed by atoms with Gasteiger partial charge in [0.15, 0.2) is 11.5 Å². The van der Waals surface area contributed by atoms with Crippen LogP contribution in [0.5, 0.6) is 17.2 Å². The van der Waals surface area contributed by atoms with Gasteiger partial charge >= 0.3 is 0 Å². The molecule has 7 heteroatoms. The molecule has 0 aliphatic heterocycles. The molecular weight excluding hydrogens is 353 g/mol. The molecule has 0 unspecified atom stereocenters. The third-order valence-corrected chi connectivity index (χ3v) is 3.52. The van der Waals surface area contributed by atoms with Crippen molar-refractivity contribution in [1.82, 2.24) is 0 Å². The number of rotatable bonds is 8. The first-order chi connectivity index (χ1) is 11.5. The van der Waals surface area contributed by atoms with Crippen molar-refractivity contribution in [2.24, 2.45) is 5.73 Å². The van der Waals surface area contributed by atoms with Gasteiger partial charge in [-0.1, -0.05) is 23.8 Å². The highest BCUT2D eigenvalue weighted by Crippen LogP contribution is 2.36. The number of thiocarbonyl (C=S) groups is 1. The van der Waals surface area contributed by atoms with Crippen LogP contribution < -0.4 is 19.9 Å². The average molecular weight is 370 g/mol. The van der Waals surface area contributed by atoms with Crippen LogP contribution in [-0.4, -0.2) is 24.8 Å². The monoisotopic (exact) mass is 369 g/mol. The van der Waals surface area contributed by atoms with Crippen molar-refractivity contribution in [3.05, 3.63) is 52.8 Å². The van der Waals surface area contributed by atoms with Crippen LogP contribution >= 0.6 is 23.8 Å². The molecule has 0 amide bonds. The van der Waals surface area contributed by atoms with Gasteiger partial charge in [-0.05, 0) is 43.3 Å². The van der Waals surface area contributed by atoms with Crippen molar-refractivity contribution in [1.29, 1.82) is 0 Å². The quantitative estimate of drug-likeness (QED) is 0.563. The van der Waals surface area contributed by atoms with Crippen molar-refractivity contribution < 1.29 is 18.6 Å². The molecule has 2 rings (SSSR count). The molecule has 0 atom stereocenters. The van der Waals surface area contributed by atoms with Gasteiger partial charge in [-0.25, -0.2) is 4.39 Å². The SMILES string of the molecule is CCOc1cc(C(N)=S)cc(Cl)c1OCCOc1ccc(F)cc1. The number of ether oxygens (including phenoxy) is 3. The Morgan fingerprint density at radius 2 is 1.79 bits per heavy atom. The number of hydrogen-bond donors (Lipinski definition) is 1. The molecule has 0 aliphatic carbocycles. The molecule has 2 aromatic carbocycles. The minimum atomic E-state index is -0.315. The van der Waals surface area contributed by atoms with E-state index in [-0.39, 0.29) is 24.0 Å². The molecule has 0 aliphatic rings. The predicted molar refractivity (Wildman–Crippen MR) is 95.9 cm³/mol. The molecule has 2 N–H and O–H groups in total. The van der Waals surface area contributed by atoms with Crippen molar-refractivity contribution in [2.45, 2.75) is 6.92 Å². The topological polar surface area (TPSA) is 53.7 Å². The second kappa shape index (κ2) is 8.70. The van der Waals surface area contributed by atoms with Crippen molar-refractivity contribution in [3.63, 3.8) is 0 Å². The van der Waals surface area contributed by atoms with Gasteiger partial charge in [0.2, 0.25) is 0 Å². The molecule has 0 fully saturated rings. The Kier molecular flexibility index (Phi) is 6.63. The van der Waals surface area contributed by atoms with Gasteiger partial charge in [0.25, 0.3) is 0 Å². The maximum Gasteiger partial charge on any atom is 0.179 e. The maximum atomic E-state index is 12.8. The van der Waals surface area contributed by atoms with E-state index in [1.54, 1.807) is 24.3 Å². The van der Waals surface area contributed by atoms with Crippen LogP contribution in [0, 0.1) is 5.82 Å². The molecule has 0 saturated carbocycles. The normalized spacial score (nSPS) is 10.3. The lowest BCUT2D eigenvalue weighted by Crippen LogP contribution is -2.12. The summed E-state index contributed by atoms with van der Waals surface area (Å²) in [5.74, 6) is 1.11. The van der Waals surface area contributed by atoms with Gasteiger partial charge in [-0.15, -0.1) is 0 Å². The van der Waals surface area contributed by atoms with Crippen LogP contribution in [0.3, 0.4) is 0 Å². The van der Waals surface area contributed by atoms with Crippen LogP contribution in [0.2, 0.25) is 5.02 Å². The molecule has 0 heterocycles. The molecule has 4 nitrogen and oxygen atoms in total. The first-order valence-electron chi connectivity index (χ1n) is 7.28. The summed E-state index contributed by atoms with van der Waals surface area (Å²) in [5, 5.41) is 0.352. The van der Waals surface area contributed by atoms with Gasteiger partial charge in [0.1, 0.15) is 29.8 Å². The highest BCUT2D eigenvalue weighted by molar-refractivity contribution is 7.80. The smallest absolute Gasteiger partial charge is 0.179 e. The minimum Gasteiger partial charge on any atom is -0.490 e. The highest BCUT2D eigenvalue weighted by atomic mass is 35.5. The van der Waals surface area contributed by atoms with Gasteiger partial charge in [0.05, 0.1) is 11.6 Å². The molecule has 24 heavy (non-hydrogen) atoms. The minimum absolute atomic E-state index is 0.226. The molecule has 0 radical (unpaired) electrons. The van der Waals surface area contributed by atoms with Crippen LogP contribution in [0.15, 0.2) is 36.4 Å². The standard InChI is InChI=1S/C17H17ClFNO3S/c1-2-21-15-10-11(17(20)24)9-14(18)16(15)23-8-7-22-13-5-3-12(19)4-6-13/h3-6,9-10H,2,7-8H2,1H3,(H2,20,24). The van der Waals surface area contributed by atoms with E-state index in [2.05, 4.69) is 0 Å². The fraction of sp³-hybridized carbons (Fsp3) is 0.235. The Morgan fingerprint density at radius 3 is 2.42 bits per heavy atom. The van der Waals surface area contributed by atoms with Crippen molar-refractivity contribution >= 4 is 28.8 Å². The van der Waals surface area contributed by atoms with Gasteiger partial charge in [-0.3, -0.25) is 0 Å². The average Bonchev–Trinajstić information content (AvgIpc) is 2.55. The molecule has 0 aromatic heterocycles. The van der Waals surface area contributed by atoms with E-state index in [1.807, 2.05) is 6.92 Å². The summed E-state index contributed by atoms with van der Waals surface area (Å²) >= 11 is 11.2. The van der Waals surface area contributed by atoms with E-state index in [0.717, 1.165) is 0 Å². The fourth-order valence-electron chi connectivity index (χ4n) is 1.95. The van der Waals surface area contributed by atoms with E-state index in [0.29, 0.717) is 34.4 Å². The van der Waals surface area contributed by atoms with Crippen LogP contribution in [0.25, 0.3) is 0 Å². The zero-order valence-electron chi connectivity index (χ0n) is 13.1. The molecular formula is C17H17ClFNO3S. The van der Waals surface area contributed by atoms with E-state index in [9.17, 15) is 4.39 Å². The van der Waals surface area contributed by atoms with E-state index >= 15 is 0 Å². The second-order valence-corrected chi connectivity index (χ2v) is 5.58. The van der Waals surface area contributed by atoms with Crippen LogP contribution in [0.4, 0.5) is 4.39 Å². The summed E-state index contributed by atoms with van der Waals surface area (Å²) in [5.41, 5.74) is 6.23. The van der Waals surface area contributed by atoms with Crippen LogP contribution in [0.1, 0.15) is 12.5 Å². The summed E-state index contributed by atoms with van der Waals surface area (Å²) in [6, 6.07) is 9.07. The maximum absolute atomic E-state index is 12.8. The summed E-state index contributed by atoms with van der Waals surface area (Å²) in [7, 11) is 0. The molecule has 128 valence electrons. The summed E-state index contributed by atoms with van der Waals surface area (Å²) in [6.07, 6.45) is 0. The van der Waals surface area contributed by atoms with Crippen LogP contribution in [-0.2, 0) is 0 Å². The molecule has 2 aromatic rings. The Balaban J connectivity index is 2.00. The Bertz CT molecular complexity index is 710. The third kappa shape index (κ3) is 4.97. The van der Waals surface area contributed by atoms with E-state index in [1.165, 1.54) is 12.1 Å². The molecule has 0 saturated heterocycles. The Morgan fingerprint density at radius 1 is 1.12 bits per heavy atom. The van der Waals surface area contributed by atoms with Gasteiger partial charge in [-0.2, -0.15) is 0 Å². The number of nitrogens with two attached hydrogens (primary N) is 1. The van der Waals surface area contributed by atoms with E-state index in [4.69, 9.17) is 43.8 Å². The predicted octanol–water partition coefficient (Wildman–Crippen LogP) is 3.97. The largest absolute Gasteiger partial charge is 0.490 e. The summed E-state index contributed by atoms with van der Waals surface area (Å²) < 4.78 is 29.5. The number of hydrogen-bond acceptors (Lipinski definition) is 4. The number of benzene rings is 2. The fourth-order valence-corrected chi connectivity index (χ4v) is 2.33. The van der Waals surface area contributed by atoms with Gasteiger partial charge < -0.3 is 19.9 Å².